The van der Waals surface area contributed by atoms with Gasteiger partial charge in [-0.25, -0.2) is 4.98 Å². The highest BCUT2D eigenvalue weighted by Crippen LogP contribution is 2.32. The third-order valence-electron chi connectivity index (χ3n) is 4.11. The average molecular weight is 401 g/mol. The summed E-state index contributed by atoms with van der Waals surface area (Å²) >= 11 is 1.36. The van der Waals surface area contributed by atoms with Crippen LogP contribution in [0, 0.1) is 10.1 Å². The Morgan fingerprint density at radius 1 is 1.18 bits per heavy atom. The minimum Gasteiger partial charge on any atom is -0.493 e. The van der Waals surface area contributed by atoms with E-state index in [2.05, 4.69) is 4.98 Å². The van der Waals surface area contributed by atoms with E-state index in [0.29, 0.717) is 34.4 Å². The molecule has 3 rings (SSSR count). The molecule has 0 aliphatic carbocycles. The van der Waals surface area contributed by atoms with Gasteiger partial charge in [0, 0.05) is 29.6 Å². The van der Waals surface area contributed by atoms with Crippen molar-refractivity contribution >= 4 is 22.2 Å². The summed E-state index contributed by atoms with van der Waals surface area (Å²) in [6.45, 7) is 0.189. The summed E-state index contributed by atoms with van der Waals surface area (Å²) in [5.74, 6) is 1.23. The normalized spacial score (nSPS) is 10.5. The number of anilines is 1. The van der Waals surface area contributed by atoms with Crippen LogP contribution in [-0.2, 0) is 6.54 Å². The van der Waals surface area contributed by atoms with Crippen LogP contribution in [0.4, 0.5) is 10.8 Å². The van der Waals surface area contributed by atoms with Gasteiger partial charge in [0.25, 0.3) is 5.69 Å². The number of nitro benzene ring substituents is 1. The van der Waals surface area contributed by atoms with E-state index >= 15 is 0 Å². The van der Waals surface area contributed by atoms with Gasteiger partial charge in [0.05, 0.1) is 24.8 Å². The van der Waals surface area contributed by atoms with Crippen molar-refractivity contribution in [3.63, 3.8) is 0 Å². The second kappa shape index (κ2) is 8.68. The molecule has 8 nitrogen and oxygen atoms in total. The summed E-state index contributed by atoms with van der Waals surface area (Å²) in [7, 11) is 3.14. The number of thiazole rings is 1. The van der Waals surface area contributed by atoms with E-state index in [-0.39, 0.29) is 12.4 Å². The van der Waals surface area contributed by atoms with Crippen LogP contribution in [0.3, 0.4) is 0 Å². The average Bonchev–Trinajstić information content (AvgIpc) is 3.22. The van der Waals surface area contributed by atoms with E-state index < -0.39 is 4.92 Å². The predicted octanol–water partition coefficient (Wildman–Crippen LogP) is 3.69. The van der Waals surface area contributed by atoms with Crippen molar-refractivity contribution in [3.05, 3.63) is 63.5 Å². The zero-order valence-corrected chi connectivity index (χ0v) is 16.2. The highest BCUT2D eigenvalue weighted by molar-refractivity contribution is 7.14. The third-order valence-corrected chi connectivity index (χ3v) is 5.01. The lowest BCUT2D eigenvalue weighted by molar-refractivity contribution is -0.384. The van der Waals surface area contributed by atoms with E-state index in [9.17, 15) is 15.2 Å². The first-order valence-electron chi connectivity index (χ1n) is 8.32. The molecule has 0 aliphatic heterocycles. The van der Waals surface area contributed by atoms with Crippen molar-refractivity contribution in [2.24, 2.45) is 0 Å². The summed E-state index contributed by atoms with van der Waals surface area (Å²) in [5, 5.41) is 23.2. The maximum Gasteiger partial charge on any atom is 0.270 e. The number of hydrogen-bond acceptors (Lipinski definition) is 8. The molecule has 0 saturated carbocycles. The number of aliphatic hydroxyl groups excluding tert-OH is 1. The van der Waals surface area contributed by atoms with E-state index in [1.807, 2.05) is 17.5 Å². The number of aromatic nitrogens is 1. The lowest BCUT2D eigenvalue weighted by Gasteiger charge is -2.19. The fraction of sp³-hybridized carbons (Fsp3) is 0.211. The molecule has 0 radical (unpaired) electrons. The Hall–Kier alpha value is -3.17. The first kappa shape index (κ1) is 19.6. The zero-order chi connectivity index (χ0) is 20.1. The second-order valence-electron chi connectivity index (χ2n) is 5.85. The van der Waals surface area contributed by atoms with Crippen LogP contribution >= 0.6 is 11.3 Å². The lowest BCUT2D eigenvalue weighted by Crippen LogP contribution is -2.23. The number of non-ortho nitro benzene ring substituents is 1. The maximum absolute atomic E-state index is 11.0. The summed E-state index contributed by atoms with van der Waals surface area (Å²) in [5.41, 5.74) is 2.20. The molecule has 1 aromatic heterocycles. The number of benzene rings is 2. The predicted molar refractivity (Wildman–Crippen MR) is 107 cm³/mol. The molecule has 0 amide bonds. The van der Waals surface area contributed by atoms with Gasteiger partial charge in [-0.15, -0.1) is 11.3 Å². The molecule has 0 bridgehead atoms. The van der Waals surface area contributed by atoms with Gasteiger partial charge in [-0.2, -0.15) is 0 Å². The van der Waals surface area contributed by atoms with Gasteiger partial charge in [0.1, 0.15) is 6.73 Å². The Morgan fingerprint density at radius 3 is 2.64 bits per heavy atom. The molecule has 0 aliphatic rings. The van der Waals surface area contributed by atoms with Crippen LogP contribution in [0.15, 0.2) is 47.8 Å². The van der Waals surface area contributed by atoms with Crippen molar-refractivity contribution in [1.82, 2.24) is 4.98 Å². The van der Waals surface area contributed by atoms with E-state index in [0.717, 1.165) is 5.56 Å². The number of rotatable bonds is 8. The molecule has 2 aromatic carbocycles. The summed E-state index contributed by atoms with van der Waals surface area (Å²) in [6, 6.07) is 11.9. The number of nitrogens with zero attached hydrogens (tertiary/aromatic N) is 3. The standard InChI is InChI=1S/C19H19N3O5S/c1-26-17-7-6-13(8-18(17)27-2)10-21(12-23)19-20-16(11-28-19)14-4-3-5-15(9-14)22(24)25/h3-9,11,23H,10,12H2,1-2H3. The van der Waals surface area contributed by atoms with Crippen LogP contribution in [0.2, 0.25) is 0 Å². The van der Waals surface area contributed by atoms with Crippen molar-refractivity contribution < 1.29 is 19.5 Å². The van der Waals surface area contributed by atoms with Gasteiger partial charge >= 0.3 is 0 Å². The fourth-order valence-electron chi connectivity index (χ4n) is 2.70. The first-order chi connectivity index (χ1) is 13.5. The van der Waals surface area contributed by atoms with Crippen LogP contribution in [-0.4, -0.2) is 36.0 Å². The van der Waals surface area contributed by atoms with Gasteiger partial charge in [0.2, 0.25) is 0 Å². The fourth-order valence-corrected chi connectivity index (χ4v) is 3.53. The molecule has 1 N–H and O–H groups in total. The Bertz CT molecular complexity index is 976. The van der Waals surface area contributed by atoms with Crippen LogP contribution < -0.4 is 14.4 Å². The minimum atomic E-state index is -0.437. The van der Waals surface area contributed by atoms with Crippen LogP contribution in [0.5, 0.6) is 11.5 Å². The molecule has 9 heteroatoms. The van der Waals surface area contributed by atoms with Crippen LogP contribution in [0.1, 0.15) is 5.56 Å². The first-order valence-corrected chi connectivity index (χ1v) is 9.20. The van der Waals surface area contributed by atoms with E-state index in [1.54, 1.807) is 37.3 Å². The molecule has 28 heavy (non-hydrogen) atoms. The molecular formula is C19H19N3O5S. The molecule has 0 fully saturated rings. The number of ether oxygens (including phenoxy) is 2. The van der Waals surface area contributed by atoms with Crippen LogP contribution in [0.25, 0.3) is 11.3 Å². The van der Waals surface area contributed by atoms with Crippen molar-refractivity contribution in [1.29, 1.82) is 0 Å². The minimum absolute atomic E-state index is 0.0105. The second-order valence-corrected chi connectivity index (χ2v) is 6.69. The molecule has 0 spiro atoms. The number of hydrogen-bond donors (Lipinski definition) is 1. The molecule has 0 unspecified atom stereocenters. The van der Waals surface area contributed by atoms with Gasteiger partial charge in [-0.3, -0.25) is 10.1 Å². The van der Waals surface area contributed by atoms with Gasteiger partial charge in [-0.1, -0.05) is 18.2 Å². The van der Waals surface area contributed by atoms with Crippen molar-refractivity contribution in [3.8, 4) is 22.8 Å². The smallest absolute Gasteiger partial charge is 0.270 e. The molecular weight excluding hydrogens is 382 g/mol. The Labute approximate surface area is 165 Å². The SMILES string of the molecule is COc1ccc(CN(CO)c2nc(-c3cccc([N+](=O)[O-])c3)cs2)cc1OC. The quantitative estimate of drug-likeness (QED) is 0.349. The number of nitro groups is 1. The molecule has 0 saturated heterocycles. The third kappa shape index (κ3) is 4.21. The monoisotopic (exact) mass is 401 g/mol. The largest absolute Gasteiger partial charge is 0.493 e. The van der Waals surface area contributed by atoms with Gasteiger partial charge in [0.15, 0.2) is 16.6 Å². The summed E-state index contributed by atoms with van der Waals surface area (Å²) in [4.78, 5) is 16.8. The van der Waals surface area contributed by atoms with Gasteiger partial charge in [-0.05, 0) is 17.7 Å². The molecule has 1 heterocycles. The van der Waals surface area contributed by atoms with E-state index in [4.69, 9.17) is 9.47 Å². The number of methoxy groups -OCH3 is 2. The molecule has 3 aromatic rings. The maximum atomic E-state index is 11.0. The van der Waals surface area contributed by atoms with Crippen molar-refractivity contribution in [2.45, 2.75) is 6.54 Å². The Morgan fingerprint density at radius 2 is 1.96 bits per heavy atom. The van der Waals surface area contributed by atoms with E-state index in [1.165, 1.54) is 23.5 Å². The van der Waals surface area contributed by atoms with Crippen molar-refractivity contribution in [2.75, 3.05) is 25.9 Å². The molecule has 0 atom stereocenters. The zero-order valence-electron chi connectivity index (χ0n) is 15.4. The topological polar surface area (TPSA) is 98.0 Å². The highest BCUT2D eigenvalue weighted by atomic mass is 32.1. The Kier molecular flexibility index (Phi) is 6.07. The highest BCUT2D eigenvalue weighted by Gasteiger charge is 2.15. The molecule has 146 valence electrons. The lowest BCUT2D eigenvalue weighted by atomic mass is 10.1. The van der Waals surface area contributed by atoms with Gasteiger partial charge < -0.3 is 19.5 Å². The Balaban J connectivity index is 1.83. The number of aliphatic hydroxyl groups is 1. The summed E-state index contributed by atoms with van der Waals surface area (Å²) < 4.78 is 10.6. The summed E-state index contributed by atoms with van der Waals surface area (Å²) in [6.07, 6.45) is 0.